The fourth-order valence-electron chi connectivity index (χ4n) is 2.85. The number of nitrogens with one attached hydrogen (secondary N) is 1. The van der Waals surface area contributed by atoms with Gasteiger partial charge in [0.2, 0.25) is 0 Å². The SMILES string of the molecule is N[C@@H](CC1=CC(Br)C(Br)(Oc2ccc(O)c(Cc3ccc(=O)[nH]n3)c2)C=C1)C(=O)O. The number of alkyl halides is 2. The average molecular weight is 541 g/mol. The molecule has 1 aromatic carbocycles. The molecule has 0 amide bonds. The summed E-state index contributed by atoms with van der Waals surface area (Å²) in [5.41, 5.74) is 7.26. The maximum absolute atomic E-state index is 11.2. The molecular weight excluding hydrogens is 522 g/mol. The minimum atomic E-state index is -1.06. The second kappa shape index (κ2) is 9.15. The Bertz CT molecular complexity index is 1050. The topological polar surface area (TPSA) is 139 Å². The van der Waals surface area contributed by atoms with Gasteiger partial charge < -0.3 is 20.7 Å². The molecule has 158 valence electrons. The minimum absolute atomic E-state index is 0.0818. The Labute approximate surface area is 188 Å². The molecule has 1 heterocycles. The van der Waals surface area contributed by atoms with E-state index in [0.717, 1.165) is 5.57 Å². The molecule has 10 heteroatoms. The lowest BCUT2D eigenvalue weighted by Gasteiger charge is -2.32. The van der Waals surface area contributed by atoms with E-state index >= 15 is 0 Å². The van der Waals surface area contributed by atoms with E-state index in [4.69, 9.17) is 15.6 Å². The molecule has 0 bridgehead atoms. The Morgan fingerprint density at radius 3 is 2.77 bits per heavy atom. The van der Waals surface area contributed by atoms with Crippen LogP contribution >= 0.6 is 31.9 Å². The van der Waals surface area contributed by atoms with Crippen molar-refractivity contribution >= 4 is 37.8 Å². The molecule has 2 unspecified atom stereocenters. The number of phenols is 1. The van der Waals surface area contributed by atoms with Crippen molar-refractivity contribution in [2.24, 2.45) is 5.73 Å². The summed E-state index contributed by atoms with van der Waals surface area (Å²) in [5, 5.41) is 25.5. The Morgan fingerprint density at radius 1 is 1.37 bits per heavy atom. The molecule has 0 radical (unpaired) electrons. The van der Waals surface area contributed by atoms with Crippen LogP contribution < -0.4 is 16.0 Å². The first-order valence-electron chi connectivity index (χ1n) is 8.93. The number of H-pyrrole nitrogens is 1. The predicted octanol–water partition coefficient (Wildman–Crippen LogP) is 2.60. The third-order valence-corrected chi connectivity index (χ3v) is 6.95. The van der Waals surface area contributed by atoms with E-state index < -0.39 is 16.5 Å². The highest BCUT2D eigenvalue weighted by Crippen LogP contribution is 2.39. The Morgan fingerprint density at radius 2 is 2.13 bits per heavy atom. The zero-order valence-electron chi connectivity index (χ0n) is 15.6. The van der Waals surface area contributed by atoms with Gasteiger partial charge in [-0.25, -0.2) is 5.10 Å². The third kappa shape index (κ3) is 5.38. The molecule has 0 aliphatic heterocycles. The van der Waals surface area contributed by atoms with Gasteiger partial charge in [0.25, 0.3) is 5.56 Å². The van der Waals surface area contributed by atoms with E-state index in [0.29, 0.717) is 23.4 Å². The number of ether oxygens (including phenoxy) is 1. The lowest BCUT2D eigenvalue weighted by Crippen LogP contribution is -2.38. The van der Waals surface area contributed by atoms with Crippen molar-refractivity contribution in [3.8, 4) is 11.5 Å². The quantitative estimate of drug-likeness (QED) is 0.396. The van der Waals surface area contributed by atoms with Crippen LogP contribution in [-0.2, 0) is 11.2 Å². The van der Waals surface area contributed by atoms with Crippen LogP contribution in [0.3, 0.4) is 0 Å². The molecule has 0 spiro atoms. The van der Waals surface area contributed by atoms with Crippen LogP contribution in [0.4, 0.5) is 0 Å². The largest absolute Gasteiger partial charge is 0.508 e. The van der Waals surface area contributed by atoms with Crippen molar-refractivity contribution in [2.45, 2.75) is 28.2 Å². The summed E-state index contributed by atoms with van der Waals surface area (Å²) in [7, 11) is 0. The highest BCUT2D eigenvalue weighted by molar-refractivity contribution is 9.12. The molecule has 8 nitrogen and oxygen atoms in total. The number of nitrogens with two attached hydrogens (primary N) is 1. The zero-order valence-corrected chi connectivity index (χ0v) is 18.8. The number of benzene rings is 1. The van der Waals surface area contributed by atoms with Gasteiger partial charge in [-0.1, -0.05) is 28.1 Å². The lowest BCUT2D eigenvalue weighted by molar-refractivity contribution is -0.138. The van der Waals surface area contributed by atoms with E-state index in [1.165, 1.54) is 12.1 Å². The van der Waals surface area contributed by atoms with Gasteiger partial charge in [0.1, 0.15) is 17.5 Å². The highest BCUT2D eigenvalue weighted by atomic mass is 79.9. The maximum Gasteiger partial charge on any atom is 0.320 e. The smallest absolute Gasteiger partial charge is 0.320 e. The molecule has 0 saturated heterocycles. The van der Waals surface area contributed by atoms with E-state index in [-0.39, 0.29) is 22.6 Å². The highest BCUT2D eigenvalue weighted by Gasteiger charge is 2.36. The molecular formula is C20H19Br2N3O5. The molecule has 3 atom stereocenters. The van der Waals surface area contributed by atoms with E-state index in [1.54, 1.807) is 30.4 Å². The summed E-state index contributed by atoms with van der Waals surface area (Å²) in [5.74, 6) is -0.480. The molecule has 0 saturated carbocycles. The number of hydrogen-bond acceptors (Lipinski definition) is 6. The van der Waals surface area contributed by atoms with Crippen molar-refractivity contribution in [2.75, 3.05) is 0 Å². The van der Waals surface area contributed by atoms with Gasteiger partial charge in [-0.3, -0.25) is 9.59 Å². The number of aliphatic carboxylic acids is 1. The number of aromatic amines is 1. The summed E-state index contributed by atoms with van der Waals surface area (Å²) in [6, 6.07) is 6.83. The predicted molar refractivity (Wildman–Crippen MR) is 118 cm³/mol. The van der Waals surface area contributed by atoms with Gasteiger partial charge >= 0.3 is 5.97 Å². The molecule has 2 aromatic rings. The van der Waals surface area contributed by atoms with E-state index in [1.807, 2.05) is 6.08 Å². The first-order chi connectivity index (χ1) is 14.2. The van der Waals surface area contributed by atoms with E-state index in [2.05, 4.69) is 42.1 Å². The van der Waals surface area contributed by atoms with Crippen molar-refractivity contribution in [3.63, 3.8) is 0 Å². The van der Waals surface area contributed by atoms with Gasteiger partial charge in [0.15, 0.2) is 4.51 Å². The second-order valence-electron chi connectivity index (χ2n) is 6.81. The van der Waals surface area contributed by atoms with Crippen LogP contribution in [0.25, 0.3) is 0 Å². The number of carbonyl (C=O) groups is 1. The molecule has 30 heavy (non-hydrogen) atoms. The van der Waals surface area contributed by atoms with Gasteiger partial charge in [0, 0.05) is 18.1 Å². The number of halogens is 2. The fraction of sp³-hybridized carbons (Fsp3) is 0.250. The van der Waals surface area contributed by atoms with Crippen LogP contribution in [-0.4, -0.2) is 41.8 Å². The number of allylic oxidation sites excluding steroid dienone is 1. The van der Waals surface area contributed by atoms with Gasteiger partial charge in [-0.15, -0.1) is 0 Å². The molecule has 3 rings (SSSR count). The van der Waals surface area contributed by atoms with Crippen molar-refractivity contribution in [1.82, 2.24) is 10.2 Å². The number of nitrogens with zero attached hydrogens (tertiary/aromatic N) is 1. The molecule has 5 N–H and O–H groups in total. The van der Waals surface area contributed by atoms with Crippen molar-refractivity contribution < 1.29 is 19.7 Å². The van der Waals surface area contributed by atoms with Crippen LogP contribution in [0.15, 0.2) is 58.9 Å². The number of carboxylic acid groups (broad SMARTS) is 1. The first-order valence-corrected chi connectivity index (χ1v) is 10.6. The monoisotopic (exact) mass is 539 g/mol. The molecule has 1 aliphatic carbocycles. The van der Waals surface area contributed by atoms with Gasteiger partial charge in [-0.2, -0.15) is 5.10 Å². The summed E-state index contributed by atoms with van der Waals surface area (Å²) in [4.78, 5) is 21.8. The fourth-order valence-corrected chi connectivity index (χ4v) is 3.89. The van der Waals surface area contributed by atoms with Crippen molar-refractivity contribution in [3.05, 3.63) is 75.7 Å². The van der Waals surface area contributed by atoms with Crippen LogP contribution in [0.2, 0.25) is 0 Å². The summed E-state index contributed by atoms with van der Waals surface area (Å²) >= 11 is 7.12. The number of carboxylic acids is 1. The minimum Gasteiger partial charge on any atom is -0.508 e. The Balaban J connectivity index is 1.75. The third-order valence-electron chi connectivity index (χ3n) is 4.47. The second-order valence-corrected chi connectivity index (χ2v) is 9.03. The Kier molecular flexibility index (Phi) is 6.79. The maximum atomic E-state index is 11.2. The van der Waals surface area contributed by atoms with Gasteiger partial charge in [0.05, 0.1) is 10.5 Å². The number of hydrogen-bond donors (Lipinski definition) is 4. The number of aromatic nitrogens is 2. The standard InChI is InChI=1S/C20H19Br2N3O5/c21-17-8-11(7-15(23)19(28)29)5-6-20(17,22)30-14-2-3-16(26)12(10-14)9-13-1-4-18(27)25-24-13/h1-6,8,10,15,17,26H,7,9,23H2,(H,25,27)(H,28,29)/t15-,17?,20?/m0/s1. The normalized spacial score (nSPS) is 21.7. The van der Waals surface area contributed by atoms with Crippen LogP contribution in [0.1, 0.15) is 17.7 Å². The number of aromatic hydroxyl groups is 1. The lowest BCUT2D eigenvalue weighted by atomic mass is 9.99. The van der Waals surface area contributed by atoms with Crippen LogP contribution in [0, 0.1) is 0 Å². The number of rotatable bonds is 7. The average Bonchev–Trinajstić information content (AvgIpc) is 2.69. The van der Waals surface area contributed by atoms with Gasteiger partial charge in [-0.05, 0) is 58.3 Å². The zero-order chi connectivity index (χ0) is 21.9. The molecule has 1 aromatic heterocycles. The summed E-state index contributed by atoms with van der Waals surface area (Å²) in [6.45, 7) is 0. The summed E-state index contributed by atoms with van der Waals surface area (Å²) < 4.78 is 5.19. The molecule has 0 fully saturated rings. The summed E-state index contributed by atoms with van der Waals surface area (Å²) in [6.07, 6.45) is 5.88. The first kappa shape index (κ1) is 22.3. The van der Waals surface area contributed by atoms with E-state index in [9.17, 15) is 14.7 Å². The number of phenolic OH excluding ortho intramolecular Hbond substituents is 1. The van der Waals surface area contributed by atoms with Crippen LogP contribution in [0.5, 0.6) is 11.5 Å². The Hall–Kier alpha value is -2.43. The van der Waals surface area contributed by atoms with Crippen molar-refractivity contribution in [1.29, 1.82) is 0 Å². The molecule has 1 aliphatic rings.